The highest BCUT2D eigenvalue weighted by atomic mass is 35.5. The summed E-state index contributed by atoms with van der Waals surface area (Å²) in [6, 6.07) is 1.95. The average molecular weight is 312 g/mol. The van der Waals surface area contributed by atoms with Crippen molar-refractivity contribution in [1.82, 2.24) is 10.3 Å². The topological polar surface area (TPSA) is 60.2 Å². The number of hydrogen-bond acceptors (Lipinski definition) is 4. The number of aromatic nitrogens is 1. The van der Waals surface area contributed by atoms with Gasteiger partial charge in [-0.05, 0) is 31.4 Å². The van der Waals surface area contributed by atoms with Crippen molar-refractivity contribution >= 4 is 17.4 Å². The molecule has 3 N–H and O–H groups in total. The molecule has 2 unspecified atom stereocenters. The number of nitrogens with zero attached hydrogens (tertiary/aromatic N) is 1. The molecule has 4 nitrogen and oxygen atoms in total. The molecule has 0 aromatic carbocycles. The number of halogens is 1. The van der Waals surface area contributed by atoms with E-state index in [0.717, 1.165) is 12.1 Å². The molecule has 5 heteroatoms. The minimum atomic E-state index is 0.0364. The third-order valence-electron chi connectivity index (χ3n) is 4.39. The summed E-state index contributed by atoms with van der Waals surface area (Å²) < 4.78 is 5.86. The van der Waals surface area contributed by atoms with Crippen LogP contribution >= 0.6 is 11.6 Å². The van der Waals surface area contributed by atoms with Crippen molar-refractivity contribution in [1.29, 1.82) is 0 Å². The molecule has 0 bridgehead atoms. The van der Waals surface area contributed by atoms with E-state index < -0.39 is 0 Å². The fraction of sp³-hybridized carbons (Fsp3) is 0.688. The van der Waals surface area contributed by atoms with E-state index in [0.29, 0.717) is 16.8 Å². The molecule has 2 rings (SSSR count). The number of pyridine rings is 1. The number of likely N-dealkylation sites (N-methyl/N-ethyl adjacent to an activating group) is 1. The third-order valence-corrected chi connectivity index (χ3v) is 4.60. The number of nitrogen functional groups attached to an aromatic ring is 1. The highest BCUT2D eigenvalue weighted by Crippen LogP contribution is 2.35. The lowest BCUT2D eigenvalue weighted by Crippen LogP contribution is -2.39. The molecule has 1 heterocycles. The maximum absolute atomic E-state index is 6.11. The maximum atomic E-state index is 6.11. The van der Waals surface area contributed by atoms with Crippen LogP contribution < -0.4 is 11.1 Å². The third kappa shape index (κ3) is 4.09. The molecule has 0 radical (unpaired) electrons. The van der Waals surface area contributed by atoms with E-state index in [9.17, 15) is 0 Å². The lowest BCUT2D eigenvalue weighted by Gasteiger charge is -2.35. The lowest BCUT2D eigenvalue weighted by molar-refractivity contribution is 0.00803. The lowest BCUT2D eigenvalue weighted by atomic mass is 9.81. The first-order valence-electron chi connectivity index (χ1n) is 7.84. The normalized spacial score (nSPS) is 19.4. The van der Waals surface area contributed by atoms with Crippen molar-refractivity contribution in [3.05, 3.63) is 22.8 Å². The number of ether oxygens (including phenoxy) is 1. The molecule has 1 saturated carbocycles. The van der Waals surface area contributed by atoms with Gasteiger partial charge >= 0.3 is 0 Å². The number of hydrogen-bond donors (Lipinski definition) is 2. The predicted octanol–water partition coefficient (Wildman–Crippen LogP) is 3.56. The molecular weight excluding hydrogens is 286 g/mol. The summed E-state index contributed by atoms with van der Waals surface area (Å²) in [5, 5.41) is 4.12. The van der Waals surface area contributed by atoms with E-state index in [2.05, 4.69) is 17.2 Å². The van der Waals surface area contributed by atoms with E-state index >= 15 is 0 Å². The van der Waals surface area contributed by atoms with Crippen LogP contribution in [0.3, 0.4) is 0 Å². The molecule has 1 aliphatic rings. The summed E-state index contributed by atoms with van der Waals surface area (Å²) in [7, 11) is 1.79. The van der Waals surface area contributed by atoms with Gasteiger partial charge in [-0.3, -0.25) is 0 Å². The van der Waals surface area contributed by atoms with Crippen molar-refractivity contribution in [2.75, 3.05) is 19.4 Å². The molecule has 1 aliphatic carbocycles. The Morgan fingerprint density at radius 1 is 1.43 bits per heavy atom. The van der Waals surface area contributed by atoms with Gasteiger partial charge in [-0.1, -0.05) is 37.8 Å². The van der Waals surface area contributed by atoms with Gasteiger partial charge in [-0.2, -0.15) is 0 Å². The number of rotatable bonds is 6. The first kappa shape index (κ1) is 16.5. The average Bonchev–Trinajstić information content (AvgIpc) is 2.51. The van der Waals surface area contributed by atoms with E-state index in [4.69, 9.17) is 22.1 Å². The van der Waals surface area contributed by atoms with Crippen molar-refractivity contribution in [3.63, 3.8) is 0 Å². The summed E-state index contributed by atoms with van der Waals surface area (Å²) in [6.45, 7) is 2.94. The Labute approximate surface area is 132 Å². The van der Waals surface area contributed by atoms with Crippen LogP contribution in [0.5, 0.6) is 0 Å². The molecule has 1 fully saturated rings. The Kier molecular flexibility index (Phi) is 6.27. The molecule has 118 valence electrons. The minimum Gasteiger partial charge on any atom is -0.383 e. The van der Waals surface area contributed by atoms with Gasteiger partial charge in [0.2, 0.25) is 0 Å². The highest BCUT2D eigenvalue weighted by molar-refractivity contribution is 6.30. The Balaban J connectivity index is 2.28. The van der Waals surface area contributed by atoms with E-state index in [1.165, 1.54) is 32.1 Å². The molecule has 21 heavy (non-hydrogen) atoms. The Morgan fingerprint density at radius 2 is 2.14 bits per heavy atom. The van der Waals surface area contributed by atoms with E-state index in [-0.39, 0.29) is 12.1 Å². The highest BCUT2D eigenvalue weighted by Gasteiger charge is 2.32. The second-order valence-corrected chi connectivity index (χ2v) is 6.20. The Morgan fingerprint density at radius 3 is 2.76 bits per heavy atom. The van der Waals surface area contributed by atoms with Gasteiger partial charge in [0.25, 0.3) is 0 Å². The molecule has 1 aromatic rings. The number of anilines is 1. The smallest absolute Gasteiger partial charge is 0.128 e. The van der Waals surface area contributed by atoms with Gasteiger partial charge in [0.1, 0.15) is 5.82 Å². The predicted molar refractivity (Wildman–Crippen MR) is 87.4 cm³/mol. The molecule has 2 atom stereocenters. The van der Waals surface area contributed by atoms with Crippen LogP contribution in [0.1, 0.15) is 50.6 Å². The first-order valence-corrected chi connectivity index (χ1v) is 8.22. The number of methoxy groups -OCH3 is 1. The zero-order valence-electron chi connectivity index (χ0n) is 12.9. The molecule has 0 spiro atoms. The number of nitrogens with one attached hydrogen (secondary N) is 1. The summed E-state index contributed by atoms with van der Waals surface area (Å²) in [5.74, 6) is 1.09. The largest absolute Gasteiger partial charge is 0.383 e. The monoisotopic (exact) mass is 311 g/mol. The first-order chi connectivity index (χ1) is 10.2. The van der Waals surface area contributed by atoms with Gasteiger partial charge in [0.15, 0.2) is 0 Å². The van der Waals surface area contributed by atoms with Crippen LogP contribution in [0.25, 0.3) is 0 Å². The summed E-state index contributed by atoms with van der Waals surface area (Å²) in [4.78, 5) is 4.19. The quantitative estimate of drug-likeness (QED) is 0.843. The number of nitrogens with two attached hydrogens (primary N) is 1. The van der Waals surface area contributed by atoms with Crippen LogP contribution in [0.2, 0.25) is 5.02 Å². The molecule has 0 amide bonds. The molecule has 0 saturated heterocycles. The molecule has 1 aromatic heterocycles. The zero-order chi connectivity index (χ0) is 15.2. The maximum Gasteiger partial charge on any atom is 0.128 e. The van der Waals surface area contributed by atoms with Crippen LogP contribution in [0.15, 0.2) is 12.3 Å². The van der Waals surface area contributed by atoms with Crippen molar-refractivity contribution in [3.8, 4) is 0 Å². The standard InChI is InChI=1S/C16H26ClN3O/c1-3-19-14(13-9-12(17)10-20-16(13)18)15(21-2)11-7-5-4-6-8-11/h9-11,14-15,19H,3-8H2,1-2H3,(H2,18,20). The molecule has 0 aliphatic heterocycles. The Hall–Kier alpha value is -0.840. The van der Waals surface area contributed by atoms with Crippen molar-refractivity contribution in [2.24, 2.45) is 5.92 Å². The fourth-order valence-electron chi connectivity index (χ4n) is 3.40. The van der Waals surface area contributed by atoms with E-state index in [1.54, 1.807) is 13.3 Å². The minimum absolute atomic E-state index is 0.0364. The van der Waals surface area contributed by atoms with Crippen LogP contribution in [-0.2, 0) is 4.74 Å². The van der Waals surface area contributed by atoms with Crippen molar-refractivity contribution < 1.29 is 4.74 Å². The van der Waals surface area contributed by atoms with Crippen molar-refractivity contribution in [2.45, 2.75) is 51.2 Å². The van der Waals surface area contributed by atoms with Crippen LogP contribution in [-0.4, -0.2) is 24.7 Å². The Bertz CT molecular complexity index is 449. The second-order valence-electron chi connectivity index (χ2n) is 5.76. The summed E-state index contributed by atoms with van der Waals surface area (Å²) in [5.41, 5.74) is 7.02. The van der Waals surface area contributed by atoms with Gasteiger partial charge in [0, 0.05) is 18.9 Å². The van der Waals surface area contributed by atoms with Crippen LogP contribution in [0.4, 0.5) is 5.82 Å². The SMILES string of the molecule is CCNC(c1cc(Cl)cnc1N)C(OC)C1CCCCC1. The summed E-state index contributed by atoms with van der Waals surface area (Å²) in [6.07, 6.45) is 8.03. The summed E-state index contributed by atoms with van der Waals surface area (Å²) >= 11 is 6.11. The van der Waals surface area contributed by atoms with Gasteiger partial charge in [-0.15, -0.1) is 0 Å². The zero-order valence-corrected chi connectivity index (χ0v) is 13.7. The van der Waals surface area contributed by atoms with Gasteiger partial charge in [-0.25, -0.2) is 4.98 Å². The molecular formula is C16H26ClN3O. The van der Waals surface area contributed by atoms with E-state index in [1.807, 2.05) is 6.07 Å². The van der Waals surface area contributed by atoms with Gasteiger partial charge < -0.3 is 15.8 Å². The fourth-order valence-corrected chi connectivity index (χ4v) is 3.57. The second kappa shape index (κ2) is 7.97. The van der Waals surface area contributed by atoms with Gasteiger partial charge in [0.05, 0.1) is 17.2 Å². The van der Waals surface area contributed by atoms with Crippen LogP contribution in [0, 0.1) is 5.92 Å².